The van der Waals surface area contributed by atoms with Crippen molar-refractivity contribution in [3.05, 3.63) is 76.5 Å². The number of hydrogen-bond acceptors (Lipinski definition) is 4. The largest absolute Gasteiger partial charge is 0.347 e. The van der Waals surface area contributed by atoms with Crippen molar-refractivity contribution in [1.82, 2.24) is 10.2 Å². The van der Waals surface area contributed by atoms with Gasteiger partial charge in [-0.05, 0) is 35.7 Å². The minimum absolute atomic E-state index is 0.306. The number of allylic oxidation sites excluding steroid dienone is 1. The number of nitrogens with one attached hydrogen (secondary N) is 1. The summed E-state index contributed by atoms with van der Waals surface area (Å²) in [6, 6.07) is 14.3. The molecule has 0 radical (unpaired) electrons. The number of para-hydroxylation sites is 1. The van der Waals surface area contributed by atoms with Gasteiger partial charge in [-0.1, -0.05) is 62.7 Å². The Morgan fingerprint density at radius 1 is 1.09 bits per heavy atom. The zero-order chi connectivity index (χ0) is 23.3. The number of fused-ring (bicyclic) bond motifs is 1. The summed E-state index contributed by atoms with van der Waals surface area (Å²) in [5, 5.41) is 3.34. The van der Waals surface area contributed by atoms with Crippen molar-refractivity contribution in [1.29, 1.82) is 0 Å². The first-order valence-corrected chi connectivity index (χ1v) is 11.0. The molecule has 1 atom stereocenters. The molecule has 6 nitrogen and oxygen atoms in total. The molecule has 32 heavy (non-hydrogen) atoms. The molecule has 2 aromatic rings. The van der Waals surface area contributed by atoms with Gasteiger partial charge in [0.25, 0.3) is 5.91 Å². The number of halogens is 1. The summed E-state index contributed by atoms with van der Waals surface area (Å²) < 4.78 is 0. The number of likely N-dealkylation sites (N-methyl/N-ethyl adjacent to an activating group) is 1. The summed E-state index contributed by atoms with van der Waals surface area (Å²) in [5.74, 6) is -0.736. The van der Waals surface area contributed by atoms with Gasteiger partial charge in [0, 0.05) is 34.9 Å². The first-order chi connectivity index (χ1) is 15.1. The van der Waals surface area contributed by atoms with Crippen molar-refractivity contribution in [2.24, 2.45) is 0 Å². The molecule has 166 valence electrons. The van der Waals surface area contributed by atoms with Crippen LogP contribution in [0.3, 0.4) is 0 Å². The Balaban J connectivity index is 1.60. The molecule has 1 unspecified atom stereocenters. The average Bonchev–Trinajstić information content (AvgIpc) is 3.12. The van der Waals surface area contributed by atoms with Gasteiger partial charge in [0.15, 0.2) is 5.78 Å². The Bertz CT molecular complexity index is 1140. The quantitative estimate of drug-likeness (QED) is 0.541. The molecule has 3 amide bonds. The molecule has 1 saturated heterocycles. The highest BCUT2D eigenvalue weighted by molar-refractivity contribution is 6.30. The molecule has 2 aliphatic rings. The van der Waals surface area contributed by atoms with Crippen LogP contribution in [-0.2, 0) is 20.5 Å². The van der Waals surface area contributed by atoms with Gasteiger partial charge in [0.05, 0.1) is 6.54 Å². The highest BCUT2D eigenvalue weighted by Crippen LogP contribution is 2.46. The second-order valence-corrected chi connectivity index (χ2v) is 9.22. The number of imide groups is 1. The van der Waals surface area contributed by atoms with Crippen LogP contribution < -0.4 is 10.2 Å². The van der Waals surface area contributed by atoms with Gasteiger partial charge in [-0.25, -0.2) is 4.79 Å². The van der Waals surface area contributed by atoms with E-state index in [1.165, 1.54) is 0 Å². The zero-order valence-corrected chi connectivity index (χ0v) is 19.4. The van der Waals surface area contributed by atoms with Crippen molar-refractivity contribution in [2.45, 2.75) is 38.1 Å². The lowest BCUT2D eigenvalue weighted by molar-refractivity contribution is -0.134. The van der Waals surface area contributed by atoms with E-state index >= 15 is 0 Å². The highest BCUT2D eigenvalue weighted by atomic mass is 35.5. The van der Waals surface area contributed by atoms with Crippen LogP contribution in [0.4, 0.5) is 10.5 Å². The van der Waals surface area contributed by atoms with E-state index in [4.69, 9.17) is 11.6 Å². The minimum atomic E-state index is -1.20. The molecule has 2 aliphatic heterocycles. The summed E-state index contributed by atoms with van der Waals surface area (Å²) in [4.78, 5) is 42.1. The Kier molecular flexibility index (Phi) is 5.37. The number of nitrogens with zero attached hydrogens (tertiary/aromatic N) is 2. The van der Waals surface area contributed by atoms with Gasteiger partial charge in [0.1, 0.15) is 5.54 Å². The fourth-order valence-corrected chi connectivity index (χ4v) is 4.88. The molecule has 1 N–H and O–H groups in total. The first kappa shape index (κ1) is 22.1. The molecule has 0 aromatic heterocycles. The van der Waals surface area contributed by atoms with E-state index < -0.39 is 17.5 Å². The molecule has 4 rings (SSSR count). The predicted molar refractivity (Wildman–Crippen MR) is 125 cm³/mol. The molecule has 0 saturated carbocycles. The topological polar surface area (TPSA) is 69.7 Å². The predicted octanol–water partition coefficient (Wildman–Crippen LogP) is 4.38. The van der Waals surface area contributed by atoms with Crippen LogP contribution in [0, 0.1) is 0 Å². The smallest absolute Gasteiger partial charge is 0.325 e. The third-order valence-electron chi connectivity index (χ3n) is 6.60. The molecule has 0 aliphatic carbocycles. The minimum Gasteiger partial charge on any atom is -0.347 e. The summed E-state index contributed by atoms with van der Waals surface area (Å²) in [6.07, 6.45) is 1.91. The summed E-state index contributed by atoms with van der Waals surface area (Å²) in [7, 11) is 1.92. The van der Waals surface area contributed by atoms with Gasteiger partial charge >= 0.3 is 6.03 Å². The molecular weight excluding hydrogens is 426 g/mol. The lowest BCUT2D eigenvalue weighted by Crippen LogP contribution is -2.43. The standard InChI is InChI=1S/C25H26ClN3O3/c1-5-25(16-10-12-17(26)13-11-16)22(31)29(23(32)27-25)15-18(30)14-21-24(2,3)19-8-6-7-9-20(19)28(21)4/h6-14H,5,15H2,1-4H3,(H,27,32)/b21-14+. The van der Waals surface area contributed by atoms with Crippen molar-refractivity contribution < 1.29 is 14.4 Å². The Morgan fingerprint density at radius 3 is 2.38 bits per heavy atom. The lowest BCUT2D eigenvalue weighted by Gasteiger charge is -2.26. The van der Waals surface area contributed by atoms with E-state index in [2.05, 4.69) is 25.2 Å². The number of amides is 3. The molecular formula is C25H26ClN3O3. The van der Waals surface area contributed by atoms with Crippen molar-refractivity contribution in [3.8, 4) is 0 Å². The van der Waals surface area contributed by atoms with Crippen molar-refractivity contribution >= 4 is 35.0 Å². The van der Waals surface area contributed by atoms with Crippen LogP contribution in [0.5, 0.6) is 0 Å². The van der Waals surface area contributed by atoms with Crippen LogP contribution in [-0.4, -0.2) is 36.2 Å². The third-order valence-corrected chi connectivity index (χ3v) is 6.85. The van der Waals surface area contributed by atoms with Gasteiger partial charge in [0.2, 0.25) is 0 Å². The number of anilines is 1. The monoisotopic (exact) mass is 451 g/mol. The number of carbonyl (C=O) groups excluding carboxylic acids is 3. The number of hydrogen-bond donors (Lipinski definition) is 1. The second kappa shape index (κ2) is 7.78. The van der Waals surface area contributed by atoms with E-state index in [1.807, 2.05) is 37.1 Å². The zero-order valence-electron chi connectivity index (χ0n) is 18.6. The van der Waals surface area contributed by atoms with Gasteiger partial charge < -0.3 is 10.2 Å². The van der Waals surface area contributed by atoms with Crippen LogP contribution in [0.1, 0.15) is 38.3 Å². The first-order valence-electron chi connectivity index (χ1n) is 10.6. The van der Waals surface area contributed by atoms with Crippen LogP contribution >= 0.6 is 11.6 Å². The maximum atomic E-state index is 13.3. The normalized spacial score (nSPS) is 23.0. The van der Waals surface area contributed by atoms with E-state index in [0.29, 0.717) is 17.0 Å². The SMILES string of the molecule is CCC1(c2ccc(Cl)cc2)NC(=O)N(CC(=O)/C=C2/N(C)c3ccccc3C2(C)C)C1=O. The highest BCUT2D eigenvalue weighted by Gasteiger charge is 2.51. The maximum Gasteiger partial charge on any atom is 0.325 e. The van der Waals surface area contributed by atoms with E-state index in [-0.39, 0.29) is 17.7 Å². The number of rotatable bonds is 5. The van der Waals surface area contributed by atoms with Crippen molar-refractivity contribution in [2.75, 3.05) is 18.5 Å². The number of carbonyl (C=O) groups is 3. The summed E-state index contributed by atoms with van der Waals surface area (Å²) in [6.45, 7) is 5.63. The molecule has 7 heteroatoms. The van der Waals surface area contributed by atoms with Crippen molar-refractivity contribution in [3.63, 3.8) is 0 Å². The molecule has 0 bridgehead atoms. The molecule has 1 fully saturated rings. The average molecular weight is 452 g/mol. The molecule has 2 aromatic carbocycles. The Morgan fingerprint density at radius 2 is 1.75 bits per heavy atom. The van der Waals surface area contributed by atoms with Gasteiger partial charge in [-0.2, -0.15) is 0 Å². The van der Waals surface area contributed by atoms with E-state index in [9.17, 15) is 14.4 Å². The van der Waals surface area contributed by atoms with Gasteiger partial charge in [-0.15, -0.1) is 0 Å². The molecule has 0 spiro atoms. The Hall–Kier alpha value is -3.12. The van der Waals surface area contributed by atoms with Crippen LogP contribution in [0.25, 0.3) is 0 Å². The molecule has 2 heterocycles. The van der Waals surface area contributed by atoms with Crippen LogP contribution in [0.15, 0.2) is 60.3 Å². The second-order valence-electron chi connectivity index (χ2n) is 8.78. The maximum absolute atomic E-state index is 13.3. The Labute approximate surface area is 192 Å². The van der Waals surface area contributed by atoms with E-state index in [0.717, 1.165) is 21.8 Å². The fourth-order valence-electron chi connectivity index (χ4n) is 4.76. The van der Waals surface area contributed by atoms with Gasteiger partial charge in [-0.3, -0.25) is 14.5 Å². The summed E-state index contributed by atoms with van der Waals surface area (Å²) in [5.41, 5.74) is 2.07. The number of benzene rings is 2. The summed E-state index contributed by atoms with van der Waals surface area (Å²) >= 11 is 5.98. The van der Waals surface area contributed by atoms with Crippen LogP contribution in [0.2, 0.25) is 5.02 Å². The van der Waals surface area contributed by atoms with E-state index in [1.54, 1.807) is 30.3 Å². The lowest BCUT2D eigenvalue weighted by atomic mass is 9.83. The number of urea groups is 1. The fraction of sp³-hybridized carbons (Fsp3) is 0.320. The number of ketones is 1. The third kappa shape index (κ3) is 3.30.